The van der Waals surface area contributed by atoms with Crippen LogP contribution in [-0.4, -0.2) is 51.8 Å². The summed E-state index contributed by atoms with van der Waals surface area (Å²) in [5.41, 5.74) is 2.56. The molecular weight excluding hydrogens is 409 g/mol. The molecule has 0 unspecified atom stereocenters. The Morgan fingerprint density at radius 2 is 1.72 bits per heavy atom. The molecule has 29 heavy (non-hydrogen) atoms. The number of amides is 1. The fraction of sp³-hybridized carbons (Fsp3) is 0.667. The Bertz CT molecular complexity index is 837. The molecule has 2 fully saturated rings. The molecule has 2 aliphatic rings. The molecule has 0 radical (unpaired) electrons. The van der Waals surface area contributed by atoms with Crippen molar-refractivity contribution in [1.29, 1.82) is 0 Å². The Labute approximate surface area is 185 Å². The Morgan fingerprint density at radius 1 is 1.10 bits per heavy atom. The highest BCUT2D eigenvalue weighted by Gasteiger charge is 2.32. The van der Waals surface area contributed by atoms with Crippen LogP contribution in [0.3, 0.4) is 0 Å². The van der Waals surface area contributed by atoms with Crippen molar-refractivity contribution in [2.75, 3.05) is 26.2 Å². The second-order valence-electron chi connectivity index (χ2n) is 8.72. The van der Waals surface area contributed by atoms with Crippen LogP contribution in [0.1, 0.15) is 68.5 Å². The smallest absolute Gasteiger partial charge is 0.254 e. The lowest BCUT2D eigenvalue weighted by Gasteiger charge is -2.22. The van der Waals surface area contributed by atoms with Gasteiger partial charge in [0.1, 0.15) is 0 Å². The van der Waals surface area contributed by atoms with Crippen LogP contribution in [0, 0.1) is 11.8 Å². The standard InChI is InChI=1S/C21H31N5O.2ClH/c1-13(2)19-9-17(18-12-23-26(14(3)4)20(18)24-19)21(27)25-7-5-15-10-22-11-16(15)6-8-25;;/h9,12-16,22H,5-8,10-11H2,1-4H3;2*1H/t15-,16+;;. The Morgan fingerprint density at radius 3 is 2.28 bits per heavy atom. The van der Waals surface area contributed by atoms with E-state index in [0.29, 0.717) is 0 Å². The van der Waals surface area contributed by atoms with Gasteiger partial charge >= 0.3 is 0 Å². The van der Waals surface area contributed by atoms with Gasteiger partial charge in [-0.25, -0.2) is 9.67 Å². The van der Waals surface area contributed by atoms with Gasteiger partial charge in [0.15, 0.2) is 5.65 Å². The summed E-state index contributed by atoms with van der Waals surface area (Å²) in [6.45, 7) is 12.3. The lowest BCUT2D eigenvalue weighted by atomic mass is 9.92. The minimum Gasteiger partial charge on any atom is -0.339 e. The van der Waals surface area contributed by atoms with Crippen LogP contribution >= 0.6 is 24.8 Å². The van der Waals surface area contributed by atoms with Crippen LogP contribution < -0.4 is 5.32 Å². The van der Waals surface area contributed by atoms with E-state index >= 15 is 0 Å². The number of nitrogens with zero attached hydrogens (tertiary/aromatic N) is 4. The molecular formula is C21H33Cl2N5O. The van der Waals surface area contributed by atoms with Crippen LogP contribution in [0.25, 0.3) is 11.0 Å². The lowest BCUT2D eigenvalue weighted by molar-refractivity contribution is 0.0760. The van der Waals surface area contributed by atoms with E-state index in [1.54, 1.807) is 0 Å². The maximum atomic E-state index is 13.5. The molecule has 0 bridgehead atoms. The summed E-state index contributed by atoms with van der Waals surface area (Å²) < 4.78 is 1.93. The Balaban J connectivity index is 0.00000150. The molecule has 1 N–H and O–H groups in total. The summed E-state index contributed by atoms with van der Waals surface area (Å²) in [4.78, 5) is 20.4. The van der Waals surface area contributed by atoms with E-state index in [-0.39, 0.29) is 42.7 Å². The van der Waals surface area contributed by atoms with E-state index < -0.39 is 0 Å². The monoisotopic (exact) mass is 441 g/mol. The van der Waals surface area contributed by atoms with E-state index in [2.05, 4.69) is 43.0 Å². The zero-order valence-corrected chi connectivity index (χ0v) is 19.4. The van der Waals surface area contributed by atoms with Gasteiger partial charge in [-0.05, 0) is 63.6 Å². The van der Waals surface area contributed by atoms with Gasteiger partial charge in [-0.15, -0.1) is 24.8 Å². The number of halogens is 2. The van der Waals surface area contributed by atoms with Crippen molar-refractivity contribution in [1.82, 2.24) is 25.0 Å². The zero-order chi connectivity index (χ0) is 19.1. The maximum Gasteiger partial charge on any atom is 0.254 e. The third-order valence-corrected chi connectivity index (χ3v) is 6.20. The molecule has 2 aliphatic heterocycles. The number of pyridine rings is 1. The van der Waals surface area contributed by atoms with Gasteiger partial charge in [0.05, 0.1) is 17.1 Å². The van der Waals surface area contributed by atoms with Crippen LogP contribution in [0.2, 0.25) is 0 Å². The normalized spacial score (nSPS) is 21.7. The average molecular weight is 442 g/mol. The van der Waals surface area contributed by atoms with Crippen molar-refractivity contribution >= 4 is 41.8 Å². The summed E-state index contributed by atoms with van der Waals surface area (Å²) in [5.74, 6) is 1.84. The predicted octanol–water partition coefficient (Wildman–Crippen LogP) is 4.05. The number of carbonyl (C=O) groups excluding carboxylic acids is 1. The Hall–Kier alpha value is -1.37. The highest BCUT2D eigenvalue weighted by Crippen LogP contribution is 2.30. The van der Waals surface area contributed by atoms with Crippen molar-refractivity contribution < 1.29 is 4.79 Å². The number of nitrogens with one attached hydrogen (secondary N) is 1. The van der Waals surface area contributed by atoms with Gasteiger partial charge in [0.25, 0.3) is 5.91 Å². The van der Waals surface area contributed by atoms with Crippen LogP contribution in [0.15, 0.2) is 12.3 Å². The molecule has 2 aromatic rings. The van der Waals surface area contributed by atoms with Crippen LogP contribution in [0.5, 0.6) is 0 Å². The number of fused-ring (bicyclic) bond motifs is 2. The average Bonchev–Trinajstić information content (AvgIpc) is 3.22. The molecule has 2 aromatic heterocycles. The summed E-state index contributed by atoms with van der Waals surface area (Å²) in [6.07, 6.45) is 4.01. The third-order valence-electron chi connectivity index (χ3n) is 6.20. The Kier molecular flexibility index (Phi) is 7.93. The van der Waals surface area contributed by atoms with E-state index in [1.807, 2.05) is 16.9 Å². The van der Waals surface area contributed by atoms with Crippen LogP contribution in [0.4, 0.5) is 0 Å². The second-order valence-corrected chi connectivity index (χ2v) is 8.72. The molecule has 4 heterocycles. The van der Waals surface area contributed by atoms with Gasteiger partial charge in [0, 0.05) is 24.8 Å². The molecule has 2 saturated heterocycles. The van der Waals surface area contributed by atoms with Gasteiger partial charge in [-0.3, -0.25) is 4.79 Å². The first-order valence-electron chi connectivity index (χ1n) is 10.3. The first-order chi connectivity index (χ1) is 13.0. The van der Waals surface area contributed by atoms with Gasteiger partial charge < -0.3 is 10.2 Å². The molecule has 0 aliphatic carbocycles. The van der Waals surface area contributed by atoms with Gasteiger partial charge in [-0.2, -0.15) is 5.10 Å². The van der Waals surface area contributed by atoms with Crippen molar-refractivity contribution in [2.45, 2.75) is 52.5 Å². The van der Waals surface area contributed by atoms with Crippen LogP contribution in [-0.2, 0) is 0 Å². The SMILES string of the molecule is CC(C)c1cc(C(=O)N2CC[C@@H]3CNC[C@@H]3CC2)c2cnn(C(C)C)c2n1.Cl.Cl. The highest BCUT2D eigenvalue weighted by molar-refractivity contribution is 6.05. The topological polar surface area (TPSA) is 63.1 Å². The number of hydrogen-bond acceptors (Lipinski definition) is 4. The summed E-state index contributed by atoms with van der Waals surface area (Å²) >= 11 is 0. The first kappa shape index (κ1) is 23.9. The third kappa shape index (κ3) is 4.54. The van der Waals surface area contributed by atoms with Gasteiger partial charge in [0.2, 0.25) is 0 Å². The molecule has 8 heteroatoms. The largest absolute Gasteiger partial charge is 0.339 e. The molecule has 0 saturated carbocycles. The molecule has 1 amide bonds. The van der Waals surface area contributed by atoms with Gasteiger partial charge in [-0.1, -0.05) is 13.8 Å². The number of aromatic nitrogens is 3. The van der Waals surface area contributed by atoms with Crippen molar-refractivity contribution in [3.8, 4) is 0 Å². The minimum atomic E-state index is 0. The molecule has 0 aromatic carbocycles. The molecule has 162 valence electrons. The molecule has 6 nitrogen and oxygen atoms in total. The van der Waals surface area contributed by atoms with E-state index in [0.717, 1.165) is 73.1 Å². The first-order valence-corrected chi connectivity index (χ1v) is 10.3. The summed E-state index contributed by atoms with van der Waals surface area (Å²) in [6, 6.07) is 2.21. The van der Waals surface area contributed by atoms with Crippen molar-refractivity contribution in [2.24, 2.45) is 11.8 Å². The fourth-order valence-electron chi connectivity index (χ4n) is 4.48. The van der Waals surface area contributed by atoms with Crippen molar-refractivity contribution in [3.63, 3.8) is 0 Å². The lowest BCUT2D eigenvalue weighted by Crippen LogP contribution is -2.33. The fourth-order valence-corrected chi connectivity index (χ4v) is 4.48. The van der Waals surface area contributed by atoms with Crippen molar-refractivity contribution in [3.05, 3.63) is 23.5 Å². The van der Waals surface area contributed by atoms with E-state index in [1.165, 1.54) is 0 Å². The molecule has 2 atom stereocenters. The quantitative estimate of drug-likeness (QED) is 0.779. The number of carbonyl (C=O) groups is 1. The number of likely N-dealkylation sites (tertiary alicyclic amines) is 1. The minimum absolute atomic E-state index is 0. The highest BCUT2D eigenvalue weighted by atomic mass is 35.5. The second kappa shape index (κ2) is 9.63. The van der Waals surface area contributed by atoms with E-state index in [4.69, 9.17) is 4.98 Å². The summed E-state index contributed by atoms with van der Waals surface area (Å²) in [5, 5.41) is 8.91. The predicted molar refractivity (Wildman–Crippen MR) is 121 cm³/mol. The van der Waals surface area contributed by atoms with E-state index in [9.17, 15) is 4.79 Å². The number of hydrogen-bond donors (Lipinski definition) is 1. The summed E-state index contributed by atoms with van der Waals surface area (Å²) in [7, 11) is 0. The maximum absolute atomic E-state index is 13.5. The molecule has 0 spiro atoms. The zero-order valence-electron chi connectivity index (χ0n) is 17.7. The number of rotatable bonds is 3. The molecule has 4 rings (SSSR count).